The number of nitrogens with zero attached hydrogens (tertiary/aromatic N) is 2. The molecular weight excluding hydrogens is 260 g/mol. The minimum absolute atomic E-state index is 0.0849. The van der Waals surface area contributed by atoms with Crippen molar-refractivity contribution in [3.05, 3.63) is 39.8 Å². The first kappa shape index (κ1) is 13.3. The molecule has 98 valence electrons. The van der Waals surface area contributed by atoms with Gasteiger partial charge in [0.1, 0.15) is 5.69 Å². The first-order chi connectivity index (χ1) is 9.20. The number of amides is 1. The van der Waals surface area contributed by atoms with Crippen LogP contribution in [0.3, 0.4) is 0 Å². The molecular formula is C13H14N4OS. The van der Waals surface area contributed by atoms with E-state index in [1.807, 2.05) is 11.4 Å². The Morgan fingerprint density at radius 2 is 2.47 bits per heavy atom. The highest BCUT2D eigenvalue weighted by Gasteiger charge is 2.13. The van der Waals surface area contributed by atoms with Crippen molar-refractivity contribution >= 4 is 17.2 Å². The maximum absolute atomic E-state index is 12.0. The van der Waals surface area contributed by atoms with E-state index >= 15 is 0 Å². The van der Waals surface area contributed by atoms with Gasteiger partial charge in [0.2, 0.25) is 0 Å². The van der Waals surface area contributed by atoms with E-state index in [0.29, 0.717) is 18.8 Å². The van der Waals surface area contributed by atoms with Crippen molar-refractivity contribution in [1.82, 2.24) is 15.1 Å². The van der Waals surface area contributed by atoms with Gasteiger partial charge in [-0.2, -0.15) is 5.10 Å². The van der Waals surface area contributed by atoms with Crippen LogP contribution in [0.25, 0.3) is 0 Å². The zero-order chi connectivity index (χ0) is 13.7. The Bertz CT molecular complexity index is 606. The molecule has 3 N–H and O–H groups in total. The van der Waals surface area contributed by atoms with Gasteiger partial charge in [0.15, 0.2) is 0 Å². The molecule has 0 aromatic carbocycles. The van der Waals surface area contributed by atoms with Gasteiger partial charge in [-0.1, -0.05) is 11.8 Å². The molecule has 19 heavy (non-hydrogen) atoms. The summed E-state index contributed by atoms with van der Waals surface area (Å²) in [6.07, 6.45) is 1.56. The highest BCUT2D eigenvalue weighted by molar-refractivity contribution is 7.10. The molecule has 2 aromatic rings. The van der Waals surface area contributed by atoms with Gasteiger partial charge >= 0.3 is 0 Å². The van der Waals surface area contributed by atoms with Gasteiger partial charge in [-0.15, -0.1) is 11.3 Å². The number of nitrogens with two attached hydrogens (primary N) is 1. The summed E-state index contributed by atoms with van der Waals surface area (Å²) in [4.78, 5) is 14.6. The van der Waals surface area contributed by atoms with Gasteiger partial charge in [-0.05, 0) is 23.1 Å². The topological polar surface area (TPSA) is 75.0 Å². The van der Waals surface area contributed by atoms with Gasteiger partial charge < -0.3 is 10.6 Å². The molecule has 0 aliphatic rings. The summed E-state index contributed by atoms with van der Waals surface area (Å²) in [5.41, 5.74) is 6.87. The van der Waals surface area contributed by atoms with E-state index in [0.717, 1.165) is 10.4 Å². The minimum Gasteiger partial charge on any atom is -0.336 e. The molecule has 0 radical (unpaired) electrons. The Balaban J connectivity index is 2.01. The number of carbonyl (C=O) groups excluding carboxylic acids is 1. The molecule has 0 aliphatic heterocycles. The summed E-state index contributed by atoms with van der Waals surface area (Å²) in [5, 5.41) is 8.43. The van der Waals surface area contributed by atoms with Crippen molar-refractivity contribution < 1.29 is 4.79 Å². The van der Waals surface area contributed by atoms with Crippen LogP contribution in [0.15, 0.2) is 23.7 Å². The largest absolute Gasteiger partial charge is 0.336 e. The summed E-state index contributed by atoms with van der Waals surface area (Å²) in [5.74, 6) is 5.70. The van der Waals surface area contributed by atoms with E-state index in [4.69, 9.17) is 5.73 Å². The van der Waals surface area contributed by atoms with Gasteiger partial charge in [0.05, 0.1) is 11.4 Å². The van der Waals surface area contributed by atoms with Crippen LogP contribution in [0.5, 0.6) is 0 Å². The molecule has 0 saturated carbocycles. The molecule has 2 rings (SSSR count). The van der Waals surface area contributed by atoms with Crippen LogP contribution in [0.2, 0.25) is 0 Å². The third kappa shape index (κ3) is 3.44. The summed E-state index contributed by atoms with van der Waals surface area (Å²) < 4.78 is 0. The lowest BCUT2D eigenvalue weighted by atomic mass is 10.2. The Morgan fingerprint density at radius 3 is 3.16 bits per heavy atom. The van der Waals surface area contributed by atoms with Gasteiger partial charge in [-0.3, -0.25) is 9.89 Å². The highest BCUT2D eigenvalue weighted by atomic mass is 32.1. The van der Waals surface area contributed by atoms with E-state index in [1.54, 1.807) is 35.5 Å². The average molecular weight is 274 g/mol. The number of aromatic amines is 1. The lowest BCUT2D eigenvalue weighted by molar-refractivity contribution is 0.0779. The van der Waals surface area contributed by atoms with Crippen LogP contribution in [0.1, 0.15) is 20.9 Å². The molecule has 2 heterocycles. The second-order valence-electron chi connectivity index (χ2n) is 3.96. The number of hydrogen-bond acceptors (Lipinski definition) is 4. The molecule has 0 aliphatic carbocycles. The van der Waals surface area contributed by atoms with Gasteiger partial charge in [-0.25, -0.2) is 0 Å². The van der Waals surface area contributed by atoms with Crippen LogP contribution >= 0.6 is 11.3 Å². The molecule has 0 saturated heterocycles. The third-order valence-corrected chi connectivity index (χ3v) is 3.36. The zero-order valence-corrected chi connectivity index (χ0v) is 11.3. The van der Waals surface area contributed by atoms with E-state index < -0.39 is 0 Å². The Hall–Kier alpha value is -2.10. The predicted octanol–water partition coefficient (Wildman–Crippen LogP) is 1.05. The van der Waals surface area contributed by atoms with Crippen molar-refractivity contribution in [3.63, 3.8) is 0 Å². The molecule has 0 spiro atoms. The van der Waals surface area contributed by atoms with Crippen LogP contribution in [0, 0.1) is 11.8 Å². The second-order valence-corrected chi connectivity index (χ2v) is 4.87. The number of H-pyrrole nitrogens is 1. The van der Waals surface area contributed by atoms with E-state index in [9.17, 15) is 4.79 Å². The Morgan fingerprint density at radius 1 is 1.63 bits per heavy atom. The van der Waals surface area contributed by atoms with Crippen LogP contribution in [-0.2, 0) is 6.54 Å². The fourth-order valence-corrected chi connectivity index (χ4v) is 2.36. The first-order valence-corrected chi connectivity index (χ1v) is 6.60. The normalized spacial score (nSPS) is 9.79. The van der Waals surface area contributed by atoms with Crippen molar-refractivity contribution in [2.75, 3.05) is 13.6 Å². The molecule has 1 amide bonds. The molecule has 0 bridgehead atoms. The van der Waals surface area contributed by atoms with E-state index in [2.05, 4.69) is 22.0 Å². The Labute approximate surface area is 115 Å². The van der Waals surface area contributed by atoms with Crippen molar-refractivity contribution in [3.8, 4) is 11.8 Å². The minimum atomic E-state index is -0.0849. The second kappa shape index (κ2) is 6.18. The smallest absolute Gasteiger partial charge is 0.271 e. The summed E-state index contributed by atoms with van der Waals surface area (Å²) >= 11 is 1.55. The first-order valence-electron chi connectivity index (χ1n) is 5.72. The highest BCUT2D eigenvalue weighted by Crippen LogP contribution is 2.15. The molecule has 6 heteroatoms. The third-order valence-electron chi connectivity index (χ3n) is 2.46. The Kier molecular flexibility index (Phi) is 4.34. The average Bonchev–Trinajstić information content (AvgIpc) is 3.06. The summed E-state index contributed by atoms with van der Waals surface area (Å²) in [6, 6.07) is 3.63. The summed E-state index contributed by atoms with van der Waals surface area (Å²) in [7, 11) is 1.76. The quantitative estimate of drug-likeness (QED) is 0.822. The van der Waals surface area contributed by atoms with E-state index in [-0.39, 0.29) is 5.91 Å². The lowest BCUT2D eigenvalue weighted by Crippen LogP contribution is -2.26. The predicted molar refractivity (Wildman–Crippen MR) is 74.6 cm³/mol. The number of nitrogens with one attached hydrogen (secondary N) is 1. The maximum atomic E-state index is 12.0. The number of thiophene rings is 1. The standard InChI is InChI=1S/C13H14N4OS/c1-17(13(18)12-4-6-15-16-12)8-10-7-11(19-9-10)3-2-5-14/h4,6-7,9H,5,8,14H2,1H3,(H,15,16). The molecule has 0 fully saturated rings. The fraction of sp³-hybridized carbons (Fsp3) is 0.231. The maximum Gasteiger partial charge on any atom is 0.271 e. The number of carbonyl (C=O) groups is 1. The lowest BCUT2D eigenvalue weighted by Gasteiger charge is -2.14. The van der Waals surface area contributed by atoms with Crippen molar-refractivity contribution in [2.24, 2.45) is 5.73 Å². The monoisotopic (exact) mass is 274 g/mol. The van der Waals surface area contributed by atoms with Crippen LogP contribution in [-0.4, -0.2) is 34.6 Å². The molecule has 5 nitrogen and oxygen atoms in total. The van der Waals surface area contributed by atoms with E-state index in [1.165, 1.54) is 0 Å². The zero-order valence-electron chi connectivity index (χ0n) is 10.5. The van der Waals surface area contributed by atoms with Gasteiger partial charge in [0.25, 0.3) is 5.91 Å². The number of aromatic nitrogens is 2. The SMILES string of the molecule is CN(Cc1csc(C#CCN)c1)C(=O)c1ccn[nH]1. The molecule has 2 aromatic heterocycles. The van der Waals surface area contributed by atoms with Crippen molar-refractivity contribution in [1.29, 1.82) is 0 Å². The van der Waals surface area contributed by atoms with Crippen molar-refractivity contribution in [2.45, 2.75) is 6.54 Å². The molecule has 0 unspecified atom stereocenters. The number of hydrogen-bond donors (Lipinski definition) is 2. The summed E-state index contributed by atoms with van der Waals surface area (Å²) in [6.45, 7) is 0.893. The molecule has 0 atom stereocenters. The van der Waals surface area contributed by atoms with Gasteiger partial charge in [0, 0.05) is 19.8 Å². The number of rotatable bonds is 3. The fourth-order valence-electron chi connectivity index (χ4n) is 1.59. The van der Waals surface area contributed by atoms with Crippen LogP contribution in [0.4, 0.5) is 0 Å². The van der Waals surface area contributed by atoms with Crippen LogP contribution < -0.4 is 5.73 Å².